The maximum atomic E-state index is 5.54. The van der Waals surface area contributed by atoms with Crippen LogP contribution in [-0.2, 0) is 13.5 Å². The molecule has 0 fully saturated rings. The van der Waals surface area contributed by atoms with Crippen molar-refractivity contribution in [1.82, 2.24) is 9.78 Å². The van der Waals surface area contributed by atoms with Crippen LogP contribution in [0.15, 0.2) is 44.9 Å². The lowest BCUT2D eigenvalue weighted by molar-refractivity contribution is 0.766. The summed E-state index contributed by atoms with van der Waals surface area (Å²) in [5.74, 6) is 0. The smallest absolute Gasteiger partial charge is 0.0629 e. The minimum atomic E-state index is 0.682. The van der Waals surface area contributed by atoms with Gasteiger partial charge in [0.1, 0.15) is 0 Å². The molecular weight excluding hydrogens is 298 g/mol. The summed E-state index contributed by atoms with van der Waals surface area (Å²) in [5.41, 5.74) is 6.80. The first kappa shape index (κ1) is 12.7. The van der Waals surface area contributed by atoms with Crippen LogP contribution in [0.4, 0.5) is 0 Å². The predicted octanol–water partition coefficient (Wildman–Crippen LogP) is 2.83. The Morgan fingerprint density at radius 3 is 2.88 bits per heavy atom. The quantitative estimate of drug-likeness (QED) is 0.944. The second kappa shape index (κ2) is 5.71. The molecule has 1 heterocycles. The van der Waals surface area contributed by atoms with Gasteiger partial charge in [0, 0.05) is 22.6 Å². The third-order valence-electron chi connectivity index (χ3n) is 2.34. The van der Waals surface area contributed by atoms with Gasteiger partial charge < -0.3 is 5.73 Å². The number of nitrogens with zero attached hydrogens (tertiary/aromatic N) is 2. The monoisotopic (exact) mass is 311 g/mol. The number of nitrogens with two attached hydrogens (primary N) is 1. The Kier molecular flexibility index (Phi) is 4.25. The van der Waals surface area contributed by atoms with Gasteiger partial charge in [-0.05, 0) is 46.6 Å². The fourth-order valence-electron chi connectivity index (χ4n) is 1.53. The topological polar surface area (TPSA) is 43.8 Å². The van der Waals surface area contributed by atoms with Gasteiger partial charge >= 0.3 is 0 Å². The average Bonchev–Trinajstić information content (AvgIpc) is 2.69. The van der Waals surface area contributed by atoms with Gasteiger partial charge in [-0.1, -0.05) is 17.8 Å². The molecule has 0 radical (unpaired) electrons. The van der Waals surface area contributed by atoms with Crippen LogP contribution in [0.2, 0.25) is 0 Å². The van der Waals surface area contributed by atoms with Crippen LogP contribution in [0.1, 0.15) is 5.56 Å². The van der Waals surface area contributed by atoms with E-state index in [4.69, 9.17) is 5.73 Å². The van der Waals surface area contributed by atoms with E-state index in [1.54, 1.807) is 16.4 Å². The van der Waals surface area contributed by atoms with Crippen LogP contribution in [0.5, 0.6) is 0 Å². The van der Waals surface area contributed by atoms with Gasteiger partial charge in [0.05, 0.1) is 11.1 Å². The second-order valence-corrected chi connectivity index (χ2v) is 5.72. The van der Waals surface area contributed by atoms with E-state index in [0.717, 1.165) is 15.8 Å². The molecule has 5 heteroatoms. The fourth-order valence-corrected chi connectivity index (χ4v) is 3.05. The summed E-state index contributed by atoms with van der Waals surface area (Å²) in [7, 11) is 1.92. The molecule has 2 rings (SSSR count). The summed E-state index contributed by atoms with van der Waals surface area (Å²) in [6.07, 6.45) is 4.78. The minimum absolute atomic E-state index is 0.682. The van der Waals surface area contributed by atoms with Crippen molar-refractivity contribution in [1.29, 1.82) is 0 Å². The van der Waals surface area contributed by atoms with Crippen molar-refractivity contribution < 1.29 is 0 Å². The van der Waals surface area contributed by atoms with Crippen LogP contribution in [0, 0.1) is 0 Å². The Labute approximate surface area is 114 Å². The molecule has 0 spiro atoms. The van der Waals surface area contributed by atoms with Gasteiger partial charge in [-0.15, -0.1) is 0 Å². The first-order valence-electron chi connectivity index (χ1n) is 5.34. The standard InChI is InChI=1S/C12H14BrN3S/c1-16-8-10(7-15-16)17-12-3-2-9(4-5-14)6-11(12)13/h2-3,6-8H,4-5,14H2,1H3. The van der Waals surface area contributed by atoms with E-state index in [9.17, 15) is 0 Å². The van der Waals surface area contributed by atoms with Crippen molar-refractivity contribution in [3.8, 4) is 0 Å². The van der Waals surface area contributed by atoms with E-state index < -0.39 is 0 Å². The lowest BCUT2D eigenvalue weighted by Crippen LogP contribution is -2.02. The maximum Gasteiger partial charge on any atom is 0.0629 e. The fraction of sp³-hybridized carbons (Fsp3) is 0.250. The van der Waals surface area contributed by atoms with E-state index in [1.165, 1.54) is 10.5 Å². The summed E-state index contributed by atoms with van der Waals surface area (Å²) < 4.78 is 2.91. The first-order valence-corrected chi connectivity index (χ1v) is 6.95. The zero-order chi connectivity index (χ0) is 12.3. The molecule has 90 valence electrons. The van der Waals surface area contributed by atoms with E-state index >= 15 is 0 Å². The molecule has 0 saturated heterocycles. The molecule has 17 heavy (non-hydrogen) atoms. The number of hydrogen-bond donors (Lipinski definition) is 1. The van der Waals surface area contributed by atoms with Crippen LogP contribution in [0.3, 0.4) is 0 Å². The molecule has 1 aromatic carbocycles. The van der Waals surface area contributed by atoms with Crippen LogP contribution >= 0.6 is 27.7 Å². The van der Waals surface area contributed by atoms with Gasteiger partial charge in [0.15, 0.2) is 0 Å². The highest BCUT2D eigenvalue weighted by Crippen LogP contribution is 2.33. The summed E-state index contributed by atoms with van der Waals surface area (Å²) in [5, 5.41) is 4.15. The van der Waals surface area contributed by atoms with Gasteiger partial charge in [0.25, 0.3) is 0 Å². The molecule has 0 aliphatic carbocycles. The summed E-state index contributed by atoms with van der Waals surface area (Å²) in [6, 6.07) is 6.37. The van der Waals surface area contributed by atoms with Crippen LogP contribution in [-0.4, -0.2) is 16.3 Å². The van der Waals surface area contributed by atoms with Gasteiger partial charge in [-0.3, -0.25) is 4.68 Å². The van der Waals surface area contributed by atoms with Crippen LogP contribution < -0.4 is 5.73 Å². The molecule has 0 aliphatic heterocycles. The zero-order valence-electron chi connectivity index (χ0n) is 9.56. The van der Waals surface area contributed by atoms with Crippen molar-refractivity contribution in [2.45, 2.75) is 16.2 Å². The average molecular weight is 312 g/mol. The highest BCUT2D eigenvalue weighted by atomic mass is 79.9. The maximum absolute atomic E-state index is 5.54. The minimum Gasteiger partial charge on any atom is -0.330 e. The molecule has 2 aromatic rings. The summed E-state index contributed by atoms with van der Waals surface area (Å²) in [4.78, 5) is 2.33. The molecule has 1 aromatic heterocycles. The third kappa shape index (κ3) is 3.34. The Morgan fingerprint density at radius 2 is 2.29 bits per heavy atom. The second-order valence-electron chi connectivity index (χ2n) is 3.76. The molecule has 0 bridgehead atoms. The zero-order valence-corrected chi connectivity index (χ0v) is 12.0. The van der Waals surface area contributed by atoms with Crippen LogP contribution in [0.25, 0.3) is 0 Å². The number of rotatable bonds is 4. The Balaban J connectivity index is 2.16. The SMILES string of the molecule is Cn1cc(Sc2ccc(CCN)cc2Br)cn1. The summed E-state index contributed by atoms with van der Waals surface area (Å²) >= 11 is 5.29. The molecule has 0 atom stereocenters. The van der Waals surface area contributed by atoms with Crippen molar-refractivity contribution in [3.63, 3.8) is 0 Å². The molecule has 0 saturated carbocycles. The largest absolute Gasteiger partial charge is 0.330 e. The normalized spacial score (nSPS) is 10.8. The lowest BCUT2D eigenvalue weighted by Gasteiger charge is -2.05. The first-order chi connectivity index (χ1) is 8.19. The number of hydrogen-bond acceptors (Lipinski definition) is 3. The molecule has 0 unspecified atom stereocenters. The van der Waals surface area contributed by atoms with Crippen molar-refractivity contribution >= 4 is 27.7 Å². The Morgan fingerprint density at radius 1 is 1.47 bits per heavy atom. The number of aryl methyl sites for hydroxylation is 1. The van der Waals surface area contributed by atoms with Gasteiger partial charge in [-0.25, -0.2) is 0 Å². The summed E-state index contributed by atoms with van der Waals surface area (Å²) in [6.45, 7) is 0.682. The Bertz CT molecular complexity index is 510. The van der Waals surface area contributed by atoms with Gasteiger partial charge in [0.2, 0.25) is 0 Å². The Hall–Kier alpha value is -0.780. The van der Waals surface area contributed by atoms with Crippen molar-refractivity contribution in [2.75, 3.05) is 6.54 Å². The molecule has 0 amide bonds. The predicted molar refractivity (Wildman–Crippen MR) is 74.2 cm³/mol. The number of benzene rings is 1. The number of aromatic nitrogens is 2. The van der Waals surface area contributed by atoms with Gasteiger partial charge in [-0.2, -0.15) is 5.10 Å². The van der Waals surface area contributed by atoms with E-state index in [2.05, 4.69) is 39.2 Å². The van der Waals surface area contributed by atoms with E-state index in [-0.39, 0.29) is 0 Å². The molecule has 0 aliphatic rings. The number of halogens is 1. The third-order valence-corrected chi connectivity index (χ3v) is 4.28. The van der Waals surface area contributed by atoms with E-state index in [0.29, 0.717) is 6.54 Å². The lowest BCUT2D eigenvalue weighted by atomic mass is 10.2. The van der Waals surface area contributed by atoms with Crippen molar-refractivity contribution in [3.05, 3.63) is 40.6 Å². The molecule has 3 nitrogen and oxygen atoms in total. The highest BCUT2D eigenvalue weighted by molar-refractivity contribution is 9.10. The highest BCUT2D eigenvalue weighted by Gasteiger charge is 2.05. The van der Waals surface area contributed by atoms with E-state index in [1.807, 2.05) is 19.4 Å². The molecular formula is C12H14BrN3S. The molecule has 2 N–H and O–H groups in total. The van der Waals surface area contributed by atoms with Crippen molar-refractivity contribution in [2.24, 2.45) is 12.8 Å².